The van der Waals surface area contributed by atoms with E-state index in [1.807, 2.05) is 0 Å². The Kier molecular flexibility index (Phi) is 5.68. The monoisotopic (exact) mass is 396 g/mol. The standard InChI is InChI=1S/C22H20O7/c1-12-21(29-13(2)23)15(10-19(24)27-4)9-17-20(25)18(11-28-22(12)17)14-5-7-16(26-3)8-6-14/h5-9,11H,10H2,1-4H3. The predicted octanol–water partition coefficient (Wildman–Crippen LogP) is 3.42. The van der Waals surface area contributed by atoms with Gasteiger partial charge in [-0.25, -0.2) is 0 Å². The SMILES string of the molecule is COC(=O)Cc1cc2c(=O)c(-c3ccc(OC)cc3)coc2c(C)c1OC(C)=O. The van der Waals surface area contributed by atoms with Crippen molar-refractivity contribution >= 4 is 22.9 Å². The highest BCUT2D eigenvalue weighted by Gasteiger charge is 2.20. The van der Waals surface area contributed by atoms with Crippen LogP contribution < -0.4 is 14.9 Å². The fourth-order valence-corrected chi connectivity index (χ4v) is 3.10. The average molecular weight is 396 g/mol. The van der Waals surface area contributed by atoms with Crippen LogP contribution in [0.25, 0.3) is 22.1 Å². The number of carbonyl (C=O) groups is 2. The molecule has 0 N–H and O–H groups in total. The number of methoxy groups -OCH3 is 2. The van der Waals surface area contributed by atoms with E-state index in [0.29, 0.717) is 28.0 Å². The molecule has 0 atom stereocenters. The summed E-state index contributed by atoms with van der Waals surface area (Å²) < 4.78 is 20.9. The number of rotatable bonds is 5. The fraction of sp³-hybridized carbons (Fsp3) is 0.227. The Morgan fingerprint density at radius 1 is 1.10 bits per heavy atom. The Hall–Kier alpha value is -3.61. The molecule has 0 fully saturated rings. The number of hydrogen-bond donors (Lipinski definition) is 0. The highest BCUT2D eigenvalue weighted by atomic mass is 16.5. The van der Waals surface area contributed by atoms with Gasteiger partial charge in [-0.05, 0) is 30.7 Å². The minimum absolute atomic E-state index is 0.151. The molecule has 0 saturated carbocycles. The molecule has 0 aliphatic heterocycles. The van der Waals surface area contributed by atoms with Crippen molar-refractivity contribution in [2.75, 3.05) is 14.2 Å². The Morgan fingerprint density at radius 2 is 1.79 bits per heavy atom. The average Bonchev–Trinajstić information content (AvgIpc) is 2.71. The van der Waals surface area contributed by atoms with Crippen molar-refractivity contribution in [3.8, 4) is 22.6 Å². The van der Waals surface area contributed by atoms with E-state index < -0.39 is 11.9 Å². The van der Waals surface area contributed by atoms with E-state index >= 15 is 0 Å². The van der Waals surface area contributed by atoms with Gasteiger partial charge in [-0.2, -0.15) is 0 Å². The molecule has 150 valence electrons. The van der Waals surface area contributed by atoms with Gasteiger partial charge in [0, 0.05) is 18.1 Å². The molecule has 1 heterocycles. The van der Waals surface area contributed by atoms with E-state index in [1.165, 1.54) is 26.4 Å². The molecule has 0 radical (unpaired) electrons. The molecule has 0 amide bonds. The highest BCUT2D eigenvalue weighted by Crippen LogP contribution is 2.33. The van der Waals surface area contributed by atoms with Crippen molar-refractivity contribution in [1.29, 1.82) is 0 Å². The molecule has 3 rings (SSSR count). The molecule has 0 spiro atoms. The maximum atomic E-state index is 13.2. The summed E-state index contributed by atoms with van der Waals surface area (Å²) >= 11 is 0. The molecule has 7 heteroatoms. The van der Waals surface area contributed by atoms with Gasteiger partial charge in [0.25, 0.3) is 0 Å². The largest absolute Gasteiger partial charge is 0.497 e. The summed E-state index contributed by atoms with van der Waals surface area (Å²) in [6.07, 6.45) is 1.22. The summed E-state index contributed by atoms with van der Waals surface area (Å²) in [6.45, 7) is 2.92. The Bertz CT molecular complexity index is 1140. The summed E-state index contributed by atoms with van der Waals surface area (Å²) in [5.41, 5.74) is 1.88. The smallest absolute Gasteiger partial charge is 0.310 e. The number of aryl methyl sites for hydroxylation is 1. The van der Waals surface area contributed by atoms with E-state index in [9.17, 15) is 14.4 Å². The number of fused-ring (bicyclic) bond motifs is 1. The first kappa shape index (κ1) is 20.1. The lowest BCUT2D eigenvalue weighted by Crippen LogP contribution is -2.13. The van der Waals surface area contributed by atoms with Gasteiger partial charge in [0.05, 0.1) is 31.6 Å². The quantitative estimate of drug-likeness (QED) is 0.482. The van der Waals surface area contributed by atoms with Crippen LogP contribution >= 0.6 is 0 Å². The zero-order valence-electron chi connectivity index (χ0n) is 16.5. The lowest BCUT2D eigenvalue weighted by molar-refractivity contribution is -0.140. The number of carbonyl (C=O) groups excluding carboxylic acids is 2. The van der Waals surface area contributed by atoms with Crippen LogP contribution in [0.5, 0.6) is 11.5 Å². The molecule has 0 aliphatic rings. The maximum absolute atomic E-state index is 13.2. The van der Waals surface area contributed by atoms with E-state index in [0.717, 1.165) is 0 Å². The van der Waals surface area contributed by atoms with Crippen molar-refractivity contribution in [3.63, 3.8) is 0 Å². The summed E-state index contributed by atoms with van der Waals surface area (Å²) in [5.74, 6) is -0.208. The number of benzene rings is 2. The van der Waals surface area contributed by atoms with Gasteiger partial charge >= 0.3 is 11.9 Å². The van der Waals surface area contributed by atoms with Crippen LogP contribution in [0.2, 0.25) is 0 Å². The van der Waals surface area contributed by atoms with Crippen LogP contribution in [0.4, 0.5) is 0 Å². The van der Waals surface area contributed by atoms with Crippen molar-refractivity contribution in [2.24, 2.45) is 0 Å². The number of esters is 2. The second kappa shape index (κ2) is 8.18. The van der Waals surface area contributed by atoms with Crippen LogP contribution in [0.3, 0.4) is 0 Å². The Balaban J connectivity index is 2.23. The van der Waals surface area contributed by atoms with Gasteiger partial charge in [-0.3, -0.25) is 14.4 Å². The zero-order chi connectivity index (χ0) is 21.1. The minimum atomic E-state index is -0.546. The van der Waals surface area contributed by atoms with E-state index in [1.54, 1.807) is 38.3 Å². The molecule has 29 heavy (non-hydrogen) atoms. The first-order valence-electron chi connectivity index (χ1n) is 8.83. The lowest BCUT2D eigenvalue weighted by atomic mass is 9.99. The van der Waals surface area contributed by atoms with Crippen LogP contribution in [-0.2, 0) is 20.7 Å². The van der Waals surface area contributed by atoms with Gasteiger partial charge in [0.1, 0.15) is 23.3 Å². The fourth-order valence-electron chi connectivity index (χ4n) is 3.10. The Labute approximate surface area is 166 Å². The predicted molar refractivity (Wildman–Crippen MR) is 106 cm³/mol. The number of hydrogen-bond acceptors (Lipinski definition) is 7. The lowest BCUT2D eigenvalue weighted by Gasteiger charge is -2.14. The number of ether oxygens (including phenoxy) is 3. The van der Waals surface area contributed by atoms with Gasteiger partial charge in [0.2, 0.25) is 5.43 Å². The molecule has 7 nitrogen and oxygen atoms in total. The second-order valence-corrected chi connectivity index (χ2v) is 6.42. The zero-order valence-corrected chi connectivity index (χ0v) is 16.5. The van der Waals surface area contributed by atoms with E-state index in [4.69, 9.17) is 18.6 Å². The molecule has 1 aromatic heterocycles. The Morgan fingerprint density at radius 3 is 2.38 bits per heavy atom. The first-order valence-corrected chi connectivity index (χ1v) is 8.83. The maximum Gasteiger partial charge on any atom is 0.310 e. The third-order valence-corrected chi connectivity index (χ3v) is 4.53. The second-order valence-electron chi connectivity index (χ2n) is 6.42. The van der Waals surface area contributed by atoms with Crippen molar-refractivity contribution in [2.45, 2.75) is 20.3 Å². The van der Waals surface area contributed by atoms with Crippen LogP contribution in [0, 0.1) is 6.92 Å². The molecular weight excluding hydrogens is 376 g/mol. The van der Waals surface area contributed by atoms with Crippen molar-refractivity contribution in [1.82, 2.24) is 0 Å². The van der Waals surface area contributed by atoms with Gasteiger partial charge < -0.3 is 18.6 Å². The molecule has 0 unspecified atom stereocenters. The summed E-state index contributed by atoms with van der Waals surface area (Å²) in [4.78, 5) is 36.5. The molecule has 3 aromatic rings. The molecule has 2 aromatic carbocycles. The minimum Gasteiger partial charge on any atom is -0.497 e. The first-order chi connectivity index (χ1) is 13.8. The molecular formula is C22H20O7. The van der Waals surface area contributed by atoms with Gasteiger partial charge in [-0.1, -0.05) is 12.1 Å². The van der Waals surface area contributed by atoms with E-state index in [2.05, 4.69) is 0 Å². The van der Waals surface area contributed by atoms with Crippen molar-refractivity contribution in [3.05, 3.63) is 57.9 Å². The topological polar surface area (TPSA) is 92.0 Å². The molecule has 0 bridgehead atoms. The van der Waals surface area contributed by atoms with Crippen molar-refractivity contribution < 1.29 is 28.2 Å². The van der Waals surface area contributed by atoms with Crippen LogP contribution in [0.15, 0.2) is 45.8 Å². The van der Waals surface area contributed by atoms with E-state index in [-0.39, 0.29) is 28.6 Å². The van der Waals surface area contributed by atoms with Crippen LogP contribution in [-0.4, -0.2) is 26.2 Å². The van der Waals surface area contributed by atoms with Crippen LogP contribution in [0.1, 0.15) is 18.1 Å². The third kappa shape index (κ3) is 3.99. The summed E-state index contributed by atoms with van der Waals surface area (Å²) in [6, 6.07) is 8.52. The molecule has 0 aliphatic carbocycles. The molecule has 0 saturated heterocycles. The van der Waals surface area contributed by atoms with Gasteiger partial charge in [-0.15, -0.1) is 0 Å². The van der Waals surface area contributed by atoms with Gasteiger partial charge in [0.15, 0.2) is 0 Å². The normalized spacial score (nSPS) is 10.6. The highest BCUT2D eigenvalue weighted by molar-refractivity contribution is 5.89. The third-order valence-electron chi connectivity index (χ3n) is 4.53. The summed E-state index contributed by atoms with van der Waals surface area (Å²) in [7, 11) is 2.82. The summed E-state index contributed by atoms with van der Waals surface area (Å²) in [5, 5.41) is 0.283.